The van der Waals surface area contributed by atoms with Gasteiger partial charge >= 0.3 is 5.97 Å². The van der Waals surface area contributed by atoms with Gasteiger partial charge in [0, 0.05) is 37.3 Å². The summed E-state index contributed by atoms with van der Waals surface area (Å²) in [7, 11) is 1.40. The van der Waals surface area contributed by atoms with Gasteiger partial charge in [-0.3, -0.25) is 4.79 Å². The second kappa shape index (κ2) is 8.43. The molecule has 0 radical (unpaired) electrons. The van der Waals surface area contributed by atoms with Crippen molar-refractivity contribution in [2.24, 2.45) is 5.92 Å². The molecule has 0 aromatic carbocycles. The molecule has 3 heterocycles. The number of likely N-dealkylation sites (tertiary alicyclic amines) is 1. The van der Waals surface area contributed by atoms with Crippen LogP contribution in [0.5, 0.6) is 0 Å². The van der Waals surface area contributed by atoms with Gasteiger partial charge in [0.2, 0.25) is 0 Å². The zero-order chi connectivity index (χ0) is 18.7. The van der Waals surface area contributed by atoms with E-state index in [0.29, 0.717) is 23.4 Å². The third kappa shape index (κ3) is 4.06. The van der Waals surface area contributed by atoms with E-state index in [4.69, 9.17) is 17.0 Å². The first kappa shape index (κ1) is 19.2. The molecule has 1 fully saturated rings. The molecule has 8 heteroatoms. The van der Waals surface area contributed by atoms with Crippen molar-refractivity contribution < 1.29 is 9.53 Å². The third-order valence-corrected chi connectivity index (χ3v) is 6.18. The molecule has 0 amide bonds. The maximum atomic E-state index is 12.1. The number of hydrogen-bond donors (Lipinski definition) is 1. The van der Waals surface area contributed by atoms with Crippen molar-refractivity contribution in [1.29, 1.82) is 0 Å². The molecule has 1 aromatic heterocycles. The van der Waals surface area contributed by atoms with Crippen LogP contribution in [0.3, 0.4) is 0 Å². The number of thioether (sulfide) groups is 1. The van der Waals surface area contributed by atoms with Gasteiger partial charge in [-0.15, -0.1) is 0 Å². The van der Waals surface area contributed by atoms with Gasteiger partial charge in [-0.25, -0.2) is 4.79 Å². The van der Waals surface area contributed by atoms with Gasteiger partial charge in [-0.2, -0.15) is 11.8 Å². The molecular formula is C18H25N3O3S2. The minimum atomic E-state index is -0.420. The van der Waals surface area contributed by atoms with Crippen LogP contribution in [-0.2, 0) is 16.1 Å². The summed E-state index contributed by atoms with van der Waals surface area (Å²) in [4.78, 5) is 26.3. The van der Waals surface area contributed by atoms with E-state index >= 15 is 0 Å². The molecular weight excluding hydrogens is 370 g/mol. The Morgan fingerprint density at radius 3 is 2.96 bits per heavy atom. The van der Waals surface area contributed by atoms with E-state index in [1.54, 1.807) is 17.8 Å². The van der Waals surface area contributed by atoms with E-state index < -0.39 is 6.04 Å². The fourth-order valence-electron chi connectivity index (χ4n) is 3.93. The molecule has 2 aliphatic rings. The molecule has 6 nitrogen and oxygen atoms in total. The Morgan fingerprint density at radius 1 is 1.42 bits per heavy atom. The fourth-order valence-corrected chi connectivity index (χ4v) is 4.69. The Balaban J connectivity index is 1.70. The number of thiocarbonyl (C=S) groups is 1. The van der Waals surface area contributed by atoms with E-state index in [0.717, 1.165) is 37.5 Å². The molecule has 2 bridgehead atoms. The summed E-state index contributed by atoms with van der Waals surface area (Å²) in [5.74, 6) is 1.26. The zero-order valence-corrected chi connectivity index (χ0v) is 16.8. The molecule has 0 saturated carbocycles. The third-order valence-electron chi connectivity index (χ3n) is 5.16. The lowest BCUT2D eigenvalue weighted by atomic mass is 9.83. The number of nitrogens with one attached hydrogen (secondary N) is 1. The number of carbonyl (C=O) groups is 1. The van der Waals surface area contributed by atoms with Gasteiger partial charge in [0.15, 0.2) is 5.11 Å². The number of piperidine rings is 1. The second-order valence-electron chi connectivity index (χ2n) is 6.91. The summed E-state index contributed by atoms with van der Waals surface area (Å²) < 4.78 is 6.81. The van der Waals surface area contributed by atoms with Crippen LogP contribution in [-0.4, -0.2) is 58.8 Å². The summed E-state index contributed by atoms with van der Waals surface area (Å²) in [5, 5.41) is 3.80. The van der Waals surface area contributed by atoms with Crippen LogP contribution in [0.25, 0.3) is 0 Å². The average Bonchev–Trinajstić information content (AvgIpc) is 2.65. The number of pyridine rings is 1. The Morgan fingerprint density at radius 2 is 2.23 bits per heavy atom. The molecule has 1 saturated heterocycles. The van der Waals surface area contributed by atoms with E-state index in [2.05, 4.69) is 10.2 Å². The van der Waals surface area contributed by atoms with Gasteiger partial charge in [-0.1, -0.05) is 6.07 Å². The zero-order valence-electron chi connectivity index (χ0n) is 15.1. The molecule has 26 heavy (non-hydrogen) atoms. The Bertz CT molecular complexity index is 737. The number of carbonyl (C=O) groups excluding carboxylic acids is 1. The van der Waals surface area contributed by atoms with Gasteiger partial charge in [0.1, 0.15) is 6.04 Å². The van der Waals surface area contributed by atoms with Crippen molar-refractivity contribution in [3.8, 4) is 0 Å². The Hall–Kier alpha value is -1.54. The molecule has 142 valence electrons. The predicted octanol–water partition coefficient (Wildman–Crippen LogP) is 1.44. The number of ether oxygens (including phenoxy) is 1. The van der Waals surface area contributed by atoms with Crippen molar-refractivity contribution in [3.05, 3.63) is 34.2 Å². The van der Waals surface area contributed by atoms with Crippen LogP contribution in [0, 0.1) is 5.92 Å². The summed E-state index contributed by atoms with van der Waals surface area (Å²) in [5.41, 5.74) is 1.17. The molecule has 0 unspecified atom stereocenters. The Kier molecular flexibility index (Phi) is 6.24. The molecule has 2 aliphatic heterocycles. The first-order valence-electron chi connectivity index (χ1n) is 8.85. The molecule has 1 N–H and O–H groups in total. The average molecular weight is 396 g/mol. The number of methoxy groups -OCH3 is 1. The van der Waals surface area contributed by atoms with Crippen molar-refractivity contribution in [2.75, 3.05) is 32.2 Å². The van der Waals surface area contributed by atoms with Crippen molar-refractivity contribution in [3.63, 3.8) is 0 Å². The molecule has 3 rings (SSSR count). The van der Waals surface area contributed by atoms with Crippen molar-refractivity contribution in [2.45, 2.75) is 31.3 Å². The number of hydrogen-bond acceptors (Lipinski definition) is 5. The van der Waals surface area contributed by atoms with Crippen molar-refractivity contribution in [1.82, 2.24) is 14.8 Å². The number of esters is 1. The monoisotopic (exact) mass is 395 g/mol. The second-order valence-corrected chi connectivity index (χ2v) is 8.28. The maximum absolute atomic E-state index is 12.1. The van der Waals surface area contributed by atoms with Crippen molar-refractivity contribution >= 4 is 35.1 Å². The highest BCUT2D eigenvalue weighted by atomic mass is 32.2. The van der Waals surface area contributed by atoms with E-state index in [9.17, 15) is 9.59 Å². The summed E-state index contributed by atoms with van der Waals surface area (Å²) in [6.45, 7) is 2.30. The lowest BCUT2D eigenvalue weighted by molar-refractivity contribution is -0.142. The standard InChI is InChI=1S/C18H25N3O3S2/c1-24-17(23)14(6-7-26-2)19-18(25)20-9-12-8-13(11-20)15-4-3-5-16(22)21(15)10-12/h3-5,12-14H,6-11H2,1-2H3,(H,19,25)/t12-,13-,14+/m0/s1. The highest BCUT2D eigenvalue weighted by Crippen LogP contribution is 2.34. The van der Waals surface area contributed by atoms with Gasteiger partial charge in [0.05, 0.1) is 7.11 Å². The maximum Gasteiger partial charge on any atom is 0.328 e. The highest BCUT2D eigenvalue weighted by Gasteiger charge is 2.36. The number of rotatable bonds is 5. The minimum Gasteiger partial charge on any atom is -0.467 e. The SMILES string of the molecule is COC(=O)[C@@H](CCSC)NC(=S)N1C[C@@H]2C[C@@H](C1)c1cccc(=O)n1C2. The van der Waals surface area contributed by atoms with Crippen LogP contribution >= 0.6 is 24.0 Å². The van der Waals surface area contributed by atoms with Crippen LogP contribution < -0.4 is 10.9 Å². The molecule has 0 spiro atoms. The van der Waals surface area contributed by atoms with E-state index in [1.807, 2.05) is 23.0 Å². The quantitative estimate of drug-likeness (QED) is 0.598. The van der Waals surface area contributed by atoms with E-state index in [1.165, 1.54) is 7.11 Å². The Labute approximate surface area is 163 Å². The smallest absolute Gasteiger partial charge is 0.328 e. The fraction of sp³-hybridized carbons (Fsp3) is 0.611. The van der Waals surface area contributed by atoms with Crippen LogP contribution in [0.15, 0.2) is 23.0 Å². The van der Waals surface area contributed by atoms with Gasteiger partial charge in [-0.05, 0) is 49.1 Å². The first-order chi connectivity index (χ1) is 12.5. The lowest BCUT2D eigenvalue weighted by Gasteiger charge is -2.44. The highest BCUT2D eigenvalue weighted by molar-refractivity contribution is 7.98. The van der Waals surface area contributed by atoms with Crippen LogP contribution in [0.2, 0.25) is 0 Å². The summed E-state index contributed by atoms with van der Waals surface area (Å²) in [6.07, 6.45) is 3.76. The van der Waals surface area contributed by atoms with Crippen LogP contribution in [0.4, 0.5) is 0 Å². The summed E-state index contributed by atoms with van der Waals surface area (Å²) >= 11 is 7.29. The number of nitrogens with zero attached hydrogens (tertiary/aromatic N) is 2. The number of fused-ring (bicyclic) bond motifs is 4. The first-order valence-corrected chi connectivity index (χ1v) is 10.7. The molecule has 0 aliphatic carbocycles. The summed E-state index contributed by atoms with van der Waals surface area (Å²) in [6, 6.07) is 5.08. The minimum absolute atomic E-state index is 0.0779. The normalized spacial score (nSPS) is 22.3. The number of aromatic nitrogens is 1. The topological polar surface area (TPSA) is 63.6 Å². The van der Waals surface area contributed by atoms with Gasteiger partial charge in [0.25, 0.3) is 5.56 Å². The largest absolute Gasteiger partial charge is 0.467 e. The lowest BCUT2D eigenvalue weighted by Crippen LogP contribution is -2.54. The van der Waals surface area contributed by atoms with Crippen LogP contribution in [0.1, 0.15) is 24.5 Å². The van der Waals surface area contributed by atoms with E-state index in [-0.39, 0.29) is 11.5 Å². The predicted molar refractivity (Wildman–Crippen MR) is 108 cm³/mol. The van der Waals surface area contributed by atoms with Gasteiger partial charge < -0.3 is 19.5 Å². The molecule has 3 atom stereocenters. The molecule has 1 aromatic rings.